The number of carbonyl (C=O) groups is 2. The van der Waals surface area contributed by atoms with Gasteiger partial charge >= 0.3 is 11.8 Å². The number of benzene rings is 2. The third-order valence-corrected chi connectivity index (χ3v) is 4.42. The van der Waals surface area contributed by atoms with E-state index in [0.29, 0.717) is 22.0 Å². The van der Waals surface area contributed by atoms with Crippen molar-refractivity contribution >= 4 is 50.7 Å². The Morgan fingerprint density at radius 1 is 1.05 bits per heavy atom. The molecule has 2 rings (SSSR count). The quantitative estimate of drug-likeness (QED) is 0.762. The van der Waals surface area contributed by atoms with Crippen LogP contribution in [0.3, 0.4) is 0 Å². The van der Waals surface area contributed by atoms with Gasteiger partial charge in [-0.2, -0.15) is 0 Å². The van der Waals surface area contributed by atoms with E-state index in [-0.39, 0.29) is 0 Å². The minimum absolute atomic E-state index is 0.512. The molecule has 0 unspecified atom stereocenters. The minimum Gasteiger partial charge on any atom is -0.318 e. The van der Waals surface area contributed by atoms with Crippen LogP contribution < -0.4 is 10.6 Å². The van der Waals surface area contributed by atoms with Crippen molar-refractivity contribution in [3.05, 3.63) is 57.0 Å². The van der Waals surface area contributed by atoms with Crippen molar-refractivity contribution in [1.29, 1.82) is 0 Å². The maximum absolute atomic E-state index is 12.0. The fraction of sp³-hybridized carbons (Fsp3) is 0.125. The van der Waals surface area contributed by atoms with Gasteiger partial charge < -0.3 is 10.6 Å². The van der Waals surface area contributed by atoms with E-state index in [2.05, 4.69) is 26.6 Å². The number of aryl methyl sites for hydroxylation is 1. The van der Waals surface area contributed by atoms with Crippen LogP contribution in [0.4, 0.5) is 11.4 Å². The van der Waals surface area contributed by atoms with E-state index in [1.807, 2.05) is 13.0 Å². The second kappa shape index (κ2) is 6.94. The smallest absolute Gasteiger partial charge is 0.314 e. The van der Waals surface area contributed by atoms with Crippen LogP contribution in [-0.2, 0) is 9.59 Å². The standard InChI is InChI=1S/C16H14BrClN2O2/c1-9-6-7-11(8-12(9)17)19-15(21)16(22)20-14-5-3-4-13(18)10(14)2/h3-8H,1-2H3,(H,19,21)(H,20,22). The van der Waals surface area contributed by atoms with E-state index in [9.17, 15) is 9.59 Å². The van der Waals surface area contributed by atoms with Gasteiger partial charge in [0, 0.05) is 20.9 Å². The number of rotatable bonds is 2. The second-order valence-electron chi connectivity index (χ2n) is 4.78. The molecule has 0 radical (unpaired) electrons. The third-order valence-electron chi connectivity index (χ3n) is 3.15. The topological polar surface area (TPSA) is 58.2 Å². The Balaban J connectivity index is 2.07. The summed E-state index contributed by atoms with van der Waals surface area (Å²) in [5.74, 6) is -1.49. The zero-order valence-corrected chi connectivity index (χ0v) is 14.4. The molecule has 114 valence electrons. The second-order valence-corrected chi connectivity index (χ2v) is 6.05. The lowest BCUT2D eigenvalue weighted by Crippen LogP contribution is -2.29. The van der Waals surface area contributed by atoms with E-state index in [0.717, 1.165) is 10.0 Å². The number of hydrogen-bond acceptors (Lipinski definition) is 2. The van der Waals surface area contributed by atoms with E-state index in [4.69, 9.17) is 11.6 Å². The van der Waals surface area contributed by atoms with Gasteiger partial charge in [-0.3, -0.25) is 9.59 Å². The fourth-order valence-electron chi connectivity index (χ4n) is 1.78. The Bertz CT molecular complexity index is 747. The molecule has 2 aromatic carbocycles. The number of hydrogen-bond donors (Lipinski definition) is 2. The zero-order chi connectivity index (χ0) is 16.3. The molecule has 0 aliphatic carbocycles. The molecule has 2 amide bonds. The molecule has 0 spiro atoms. The molecular formula is C16H14BrClN2O2. The fourth-order valence-corrected chi connectivity index (χ4v) is 2.33. The molecular weight excluding hydrogens is 368 g/mol. The third kappa shape index (κ3) is 3.87. The zero-order valence-electron chi connectivity index (χ0n) is 12.0. The van der Waals surface area contributed by atoms with Crippen LogP contribution in [0.5, 0.6) is 0 Å². The van der Waals surface area contributed by atoms with E-state index < -0.39 is 11.8 Å². The van der Waals surface area contributed by atoms with Gasteiger partial charge in [0.05, 0.1) is 0 Å². The molecule has 0 aliphatic heterocycles. The van der Waals surface area contributed by atoms with Crippen molar-refractivity contribution in [2.24, 2.45) is 0 Å². The summed E-state index contributed by atoms with van der Waals surface area (Å²) in [6.07, 6.45) is 0. The summed E-state index contributed by atoms with van der Waals surface area (Å²) in [6, 6.07) is 10.4. The molecule has 0 aromatic heterocycles. The van der Waals surface area contributed by atoms with Crippen LogP contribution >= 0.6 is 27.5 Å². The van der Waals surface area contributed by atoms with Gasteiger partial charge in [-0.25, -0.2) is 0 Å². The van der Waals surface area contributed by atoms with Crippen molar-refractivity contribution in [1.82, 2.24) is 0 Å². The Hall–Kier alpha value is -1.85. The molecule has 0 aliphatic rings. The summed E-state index contributed by atoms with van der Waals surface area (Å²) in [6.45, 7) is 3.71. The molecule has 2 N–H and O–H groups in total. The van der Waals surface area contributed by atoms with E-state index in [1.54, 1.807) is 37.3 Å². The van der Waals surface area contributed by atoms with Gasteiger partial charge in [-0.15, -0.1) is 0 Å². The lowest BCUT2D eigenvalue weighted by Gasteiger charge is -2.10. The van der Waals surface area contributed by atoms with E-state index >= 15 is 0 Å². The lowest BCUT2D eigenvalue weighted by molar-refractivity contribution is -0.133. The molecule has 0 heterocycles. The molecule has 0 atom stereocenters. The number of carbonyl (C=O) groups excluding carboxylic acids is 2. The molecule has 4 nitrogen and oxygen atoms in total. The molecule has 0 saturated carbocycles. The van der Waals surface area contributed by atoms with Crippen molar-refractivity contribution in [3.63, 3.8) is 0 Å². The van der Waals surface area contributed by atoms with Gasteiger partial charge in [0.2, 0.25) is 0 Å². The highest BCUT2D eigenvalue weighted by Crippen LogP contribution is 2.23. The number of halogens is 2. The van der Waals surface area contributed by atoms with Gasteiger partial charge in [-0.05, 0) is 49.2 Å². The highest BCUT2D eigenvalue weighted by Gasteiger charge is 2.15. The summed E-state index contributed by atoms with van der Waals surface area (Å²) in [5, 5.41) is 5.63. The normalized spacial score (nSPS) is 10.2. The molecule has 0 saturated heterocycles. The summed E-state index contributed by atoms with van der Waals surface area (Å²) in [4.78, 5) is 23.9. The first-order valence-corrected chi connectivity index (χ1v) is 7.69. The van der Waals surface area contributed by atoms with Crippen molar-refractivity contribution < 1.29 is 9.59 Å². The lowest BCUT2D eigenvalue weighted by atomic mass is 10.2. The van der Waals surface area contributed by atoms with Crippen molar-refractivity contribution in [2.45, 2.75) is 13.8 Å². The van der Waals surface area contributed by atoms with Crippen LogP contribution in [0.25, 0.3) is 0 Å². The van der Waals surface area contributed by atoms with Crippen LogP contribution in [0.1, 0.15) is 11.1 Å². The Morgan fingerprint density at radius 3 is 2.41 bits per heavy atom. The Kier molecular flexibility index (Phi) is 5.21. The minimum atomic E-state index is -0.748. The van der Waals surface area contributed by atoms with Crippen LogP contribution in [0.2, 0.25) is 5.02 Å². The van der Waals surface area contributed by atoms with Crippen LogP contribution in [-0.4, -0.2) is 11.8 Å². The summed E-state index contributed by atoms with van der Waals surface area (Å²) >= 11 is 9.36. The predicted octanol–water partition coefficient (Wildman–Crippen LogP) is 4.30. The number of anilines is 2. The number of nitrogens with one attached hydrogen (secondary N) is 2. The van der Waals surface area contributed by atoms with Gasteiger partial charge in [0.1, 0.15) is 0 Å². The summed E-state index contributed by atoms with van der Waals surface area (Å²) < 4.78 is 0.858. The van der Waals surface area contributed by atoms with Gasteiger partial charge in [0.25, 0.3) is 0 Å². The van der Waals surface area contributed by atoms with Crippen LogP contribution in [0, 0.1) is 13.8 Å². The molecule has 22 heavy (non-hydrogen) atoms. The molecule has 0 fully saturated rings. The summed E-state index contributed by atoms with van der Waals surface area (Å²) in [5.41, 5.74) is 2.80. The average Bonchev–Trinajstić information content (AvgIpc) is 2.47. The molecule has 0 bridgehead atoms. The highest BCUT2D eigenvalue weighted by atomic mass is 79.9. The first kappa shape index (κ1) is 16.5. The molecule has 6 heteroatoms. The highest BCUT2D eigenvalue weighted by molar-refractivity contribution is 9.10. The Labute approximate surface area is 142 Å². The van der Waals surface area contributed by atoms with Crippen LogP contribution in [0.15, 0.2) is 40.9 Å². The SMILES string of the molecule is Cc1ccc(NC(=O)C(=O)Nc2cccc(Cl)c2C)cc1Br. The van der Waals surface area contributed by atoms with E-state index in [1.165, 1.54) is 0 Å². The predicted molar refractivity (Wildman–Crippen MR) is 92.3 cm³/mol. The van der Waals surface area contributed by atoms with Crippen molar-refractivity contribution in [3.8, 4) is 0 Å². The van der Waals surface area contributed by atoms with Gasteiger partial charge in [-0.1, -0.05) is 39.7 Å². The maximum Gasteiger partial charge on any atom is 0.314 e. The number of amides is 2. The largest absolute Gasteiger partial charge is 0.318 e. The average molecular weight is 382 g/mol. The van der Waals surface area contributed by atoms with Crippen molar-refractivity contribution in [2.75, 3.05) is 10.6 Å². The summed E-state index contributed by atoms with van der Waals surface area (Å²) in [7, 11) is 0. The molecule has 2 aromatic rings. The maximum atomic E-state index is 12.0. The monoisotopic (exact) mass is 380 g/mol. The van der Waals surface area contributed by atoms with Gasteiger partial charge in [0.15, 0.2) is 0 Å². The Morgan fingerprint density at radius 2 is 1.73 bits per heavy atom. The first-order chi connectivity index (χ1) is 10.4. The first-order valence-electron chi connectivity index (χ1n) is 6.52.